The monoisotopic (exact) mass is 411 g/mol. The molecule has 0 radical (unpaired) electrons. The topological polar surface area (TPSA) is 56.1 Å². The molecule has 2 aromatic heterocycles. The summed E-state index contributed by atoms with van der Waals surface area (Å²) < 4.78 is 35.3. The molecule has 8 heteroatoms. The lowest BCUT2D eigenvalue weighted by Crippen LogP contribution is -2.40. The Morgan fingerprint density at radius 1 is 1.23 bits per heavy atom. The molecule has 1 fully saturated rings. The summed E-state index contributed by atoms with van der Waals surface area (Å²) in [5, 5.41) is 8.81. The molecule has 0 aliphatic carbocycles. The number of ether oxygens (including phenoxy) is 1. The van der Waals surface area contributed by atoms with Gasteiger partial charge in [0.2, 0.25) is 5.95 Å². The maximum absolute atomic E-state index is 14.3. The molecule has 156 valence electrons. The van der Waals surface area contributed by atoms with Gasteiger partial charge in [0, 0.05) is 36.6 Å². The largest absolute Gasteiger partial charge is 0.370 e. The van der Waals surface area contributed by atoms with Crippen LogP contribution in [0.15, 0.2) is 54.7 Å². The maximum Gasteiger partial charge on any atom is 0.227 e. The molecule has 1 saturated heterocycles. The molecule has 1 atom stereocenters. The number of anilines is 1. The summed E-state index contributed by atoms with van der Waals surface area (Å²) >= 11 is 0. The van der Waals surface area contributed by atoms with Crippen LogP contribution in [-0.4, -0.2) is 39.4 Å². The molecule has 1 aromatic carbocycles. The van der Waals surface area contributed by atoms with Crippen molar-refractivity contribution in [2.45, 2.75) is 26.0 Å². The molecule has 0 N–H and O–H groups in total. The minimum Gasteiger partial charge on any atom is -0.370 e. The number of hydrogen-bond donors (Lipinski definition) is 0. The molecule has 1 aliphatic heterocycles. The fourth-order valence-electron chi connectivity index (χ4n) is 3.57. The van der Waals surface area contributed by atoms with Gasteiger partial charge in [0.25, 0.3) is 0 Å². The average Bonchev–Trinajstić information content (AvgIpc) is 3.10. The highest BCUT2D eigenvalue weighted by atomic mass is 19.1. The summed E-state index contributed by atoms with van der Waals surface area (Å²) in [6.07, 6.45) is 1.77. The van der Waals surface area contributed by atoms with E-state index in [0.29, 0.717) is 44.2 Å². The number of nitrogens with zero attached hydrogens (tertiary/aromatic N) is 5. The smallest absolute Gasteiger partial charge is 0.227 e. The standard InChI is InChI=1S/C22H23F2N5O/c1-15(2)13-29-21(12-17-5-3-4-8-25-17)26-27-22(29)28-9-10-30-20(14-28)18-7-6-16(23)11-19(18)24/h3-8,11,20H,1,9-10,12-14H2,2H3/t20-/m1/s1. The quantitative estimate of drug-likeness (QED) is 0.579. The van der Waals surface area contributed by atoms with Crippen LogP contribution in [0.5, 0.6) is 0 Å². The molecule has 1 aliphatic rings. The maximum atomic E-state index is 14.3. The van der Waals surface area contributed by atoms with Gasteiger partial charge in [-0.3, -0.25) is 9.55 Å². The zero-order valence-electron chi connectivity index (χ0n) is 16.8. The van der Waals surface area contributed by atoms with Gasteiger partial charge in [0.1, 0.15) is 23.6 Å². The second kappa shape index (κ2) is 8.71. The highest BCUT2D eigenvalue weighted by Crippen LogP contribution is 2.28. The third-order valence-corrected chi connectivity index (χ3v) is 4.96. The Kier molecular flexibility index (Phi) is 5.85. The highest BCUT2D eigenvalue weighted by molar-refractivity contribution is 5.35. The van der Waals surface area contributed by atoms with Crippen LogP contribution in [0.4, 0.5) is 14.7 Å². The van der Waals surface area contributed by atoms with E-state index in [-0.39, 0.29) is 0 Å². The highest BCUT2D eigenvalue weighted by Gasteiger charge is 2.28. The summed E-state index contributed by atoms with van der Waals surface area (Å²) in [7, 11) is 0. The minimum atomic E-state index is -0.610. The van der Waals surface area contributed by atoms with Crippen molar-refractivity contribution in [3.63, 3.8) is 0 Å². The Labute approximate surface area is 173 Å². The van der Waals surface area contributed by atoms with E-state index in [2.05, 4.69) is 21.8 Å². The second-order valence-electron chi connectivity index (χ2n) is 7.43. The van der Waals surface area contributed by atoms with Crippen LogP contribution in [0, 0.1) is 11.6 Å². The van der Waals surface area contributed by atoms with Crippen LogP contribution in [0.1, 0.15) is 30.1 Å². The van der Waals surface area contributed by atoms with Crippen LogP contribution in [0.3, 0.4) is 0 Å². The van der Waals surface area contributed by atoms with Crippen LogP contribution >= 0.6 is 0 Å². The molecule has 0 saturated carbocycles. The Morgan fingerprint density at radius 3 is 2.83 bits per heavy atom. The first-order valence-corrected chi connectivity index (χ1v) is 9.79. The SMILES string of the molecule is C=C(C)Cn1c(Cc2ccccn2)nnc1N1CCO[C@@H](c2ccc(F)cc2F)C1. The molecular weight excluding hydrogens is 388 g/mol. The van der Waals surface area contributed by atoms with Crippen molar-refractivity contribution in [3.8, 4) is 0 Å². The summed E-state index contributed by atoms with van der Waals surface area (Å²) in [6, 6.07) is 9.31. The molecule has 6 nitrogen and oxygen atoms in total. The molecule has 0 unspecified atom stereocenters. The number of benzene rings is 1. The van der Waals surface area contributed by atoms with Gasteiger partial charge in [-0.15, -0.1) is 10.2 Å². The van der Waals surface area contributed by atoms with Crippen molar-refractivity contribution in [2.75, 3.05) is 24.6 Å². The molecular formula is C22H23F2N5O. The zero-order chi connectivity index (χ0) is 21.1. The second-order valence-corrected chi connectivity index (χ2v) is 7.43. The first-order valence-electron chi connectivity index (χ1n) is 9.79. The summed E-state index contributed by atoms with van der Waals surface area (Å²) in [6.45, 7) is 7.93. The predicted octanol–water partition coefficient (Wildman–Crippen LogP) is 3.70. The van der Waals surface area contributed by atoms with Crippen LogP contribution in [-0.2, 0) is 17.7 Å². The number of allylic oxidation sites excluding steroid dienone is 1. The van der Waals surface area contributed by atoms with E-state index in [9.17, 15) is 8.78 Å². The lowest BCUT2D eigenvalue weighted by atomic mass is 10.1. The van der Waals surface area contributed by atoms with Gasteiger partial charge in [-0.05, 0) is 25.1 Å². The van der Waals surface area contributed by atoms with E-state index in [1.165, 1.54) is 12.1 Å². The van der Waals surface area contributed by atoms with Crippen molar-refractivity contribution in [1.82, 2.24) is 19.7 Å². The Bertz CT molecular complexity index is 1040. The fourth-order valence-corrected chi connectivity index (χ4v) is 3.57. The predicted molar refractivity (Wildman–Crippen MR) is 109 cm³/mol. The number of aromatic nitrogens is 4. The van der Waals surface area contributed by atoms with E-state index in [1.54, 1.807) is 6.20 Å². The van der Waals surface area contributed by atoms with Gasteiger partial charge in [-0.2, -0.15) is 0 Å². The summed E-state index contributed by atoms with van der Waals surface area (Å²) in [5.74, 6) is 0.243. The first-order chi connectivity index (χ1) is 14.5. The van der Waals surface area contributed by atoms with Gasteiger partial charge >= 0.3 is 0 Å². The van der Waals surface area contributed by atoms with E-state index < -0.39 is 17.7 Å². The third kappa shape index (κ3) is 4.38. The zero-order valence-corrected chi connectivity index (χ0v) is 16.8. The lowest BCUT2D eigenvalue weighted by Gasteiger charge is -2.34. The summed E-state index contributed by atoms with van der Waals surface area (Å²) in [4.78, 5) is 6.40. The van der Waals surface area contributed by atoms with Crippen molar-refractivity contribution < 1.29 is 13.5 Å². The third-order valence-electron chi connectivity index (χ3n) is 4.96. The Hall–Kier alpha value is -3.13. The summed E-state index contributed by atoms with van der Waals surface area (Å²) in [5.41, 5.74) is 2.20. The molecule has 0 bridgehead atoms. The fraction of sp³-hybridized carbons (Fsp3) is 0.318. The Balaban J connectivity index is 1.61. The first kappa shape index (κ1) is 20.2. The van der Waals surface area contributed by atoms with E-state index in [4.69, 9.17) is 4.74 Å². The minimum absolute atomic E-state index is 0.334. The number of pyridine rings is 1. The number of rotatable bonds is 6. The van der Waals surface area contributed by atoms with Crippen LogP contribution in [0.2, 0.25) is 0 Å². The Morgan fingerprint density at radius 2 is 2.10 bits per heavy atom. The molecule has 3 heterocycles. The van der Waals surface area contributed by atoms with Crippen molar-refractivity contribution in [2.24, 2.45) is 0 Å². The normalized spacial score (nSPS) is 16.6. The van der Waals surface area contributed by atoms with Gasteiger partial charge < -0.3 is 9.64 Å². The van der Waals surface area contributed by atoms with Gasteiger partial charge in [0.15, 0.2) is 0 Å². The van der Waals surface area contributed by atoms with Gasteiger partial charge in [0.05, 0.1) is 19.6 Å². The number of halogens is 2. The molecule has 3 aromatic rings. The van der Waals surface area contributed by atoms with Crippen molar-refractivity contribution in [3.05, 3.63) is 83.5 Å². The van der Waals surface area contributed by atoms with Crippen LogP contribution in [0.25, 0.3) is 0 Å². The average molecular weight is 411 g/mol. The van der Waals surface area contributed by atoms with Crippen LogP contribution < -0.4 is 4.90 Å². The van der Waals surface area contributed by atoms with Crippen molar-refractivity contribution in [1.29, 1.82) is 0 Å². The molecule has 4 rings (SSSR count). The molecule has 0 spiro atoms. The van der Waals surface area contributed by atoms with Gasteiger partial charge in [-0.1, -0.05) is 24.3 Å². The van der Waals surface area contributed by atoms with Gasteiger partial charge in [-0.25, -0.2) is 8.78 Å². The van der Waals surface area contributed by atoms with E-state index in [0.717, 1.165) is 23.2 Å². The van der Waals surface area contributed by atoms with E-state index in [1.807, 2.05) is 34.6 Å². The number of hydrogen-bond acceptors (Lipinski definition) is 5. The lowest BCUT2D eigenvalue weighted by molar-refractivity contribution is 0.0367. The molecule has 0 amide bonds. The number of morpholine rings is 1. The van der Waals surface area contributed by atoms with Crippen molar-refractivity contribution >= 4 is 5.95 Å². The molecule has 30 heavy (non-hydrogen) atoms. The van der Waals surface area contributed by atoms with E-state index >= 15 is 0 Å².